The normalized spacial score (nSPS) is 14.7. The molecule has 0 saturated carbocycles. The van der Waals surface area contributed by atoms with E-state index >= 15 is 0 Å². The number of aryl methyl sites for hydroxylation is 2. The molecule has 1 aromatic carbocycles. The lowest BCUT2D eigenvalue weighted by Gasteiger charge is -2.22. The molecule has 0 bridgehead atoms. The summed E-state index contributed by atoms with van der Waals surface area (Å²) in [6, 6.07) is 4.40. The molecule has 0 saturated heterocycles. The van der Waals surface area contributed by atoms with Crippen molar-refractivity contribution in [2.45, 2.75) is 39.9 Å². The van der Waals surface area contributed by atoms with Gasteiger partial charge >= 0.3 is 0 Å². The van der Waals surface area contributed by atoms with Crippen molar-refractivity contribution in [2.75, 3.05) is 0 Å². The standard InChI is InChI=1S/C14H20OSi/c1-10-6-7-11(2)14-12(10)8-9-13(14)15-16(3,4)5/h6-7,9H,8H2,1-5H3. The Morgan fingerprint density at radius 2 is 1.69 bits per heavy atom. The molecule has 0 fully saturated rings. The van der Waals surface area contributed by atoms with Crippen molar-refractivity contribution in [3.63, 3.8) is 0 Å². The van der Waals surface area contributed by atoms with E-state index in [2.05, 4.69) is 51.7 Å². The van der Waals surface area contributed by atoms with Crippen LogP contribution >= 0.6 is 0 Å². The van der Waals surface area contributed by atoms with E-state index in [4.69, 9.17) is 4.43 Å². The molecule has 0 atom stereocenters. The van der Waals surface area contributed by atoms with Crippen molar-refractivity contribution in [3.8, 4) is 0 Å². The molecule has 1 aromatic rings. The van der Waals surface area contributed by atoms with Crippen LogP contribution in [0.1, 0.15) is 22.3 Å². The zero-order valence-corrected chi connectivity index (χ0v) is 11.8. The Morgan fingerprint density at radius 1 is 1.06 bits per heavy atom. The van der Waals surface area contributed by atoms with Crippen molar-refractivity contribution < 1.29 is 4.43 Å². The van der Waals surface area contributed by atoms with Gasteiger partial charge < -0.3 is 4.43 Å². The Balaban J connectivity index is 2.41. The SMILES string of the molecule is Cc1ccc(C)c2c1CC=C2O[Si](C)(C)C. The first-order valence-corrected chi connectivity index (χ1v) is 9.28. The average molecular weight is 232 g/mol. The van der Waals surface area contributed by atoms with Crippen molar-refractivity contribution in [1.29, 1.82) is 0 Å². The Hall–Kier alpha value is -1.02. The summed E-state index contributed by atoms with van der Waals surface area (Å²) in [5.74, 6) is 1.12. The first-order valence-electron chi connectivity index (χ1n) is 5.87. The minimum atomic E-state index is -1.50. The van der Waals surface area contributed by atoms with Gasteiger partial charge in [-0.3, -0.25) is 0 Å². The summed E-state index contributed by atoms with van der Waals surface area (Å²) in [4.78, 5) is 0. The maximum atomic E-state index is 6.16. The number of rotatable bonds is 2. The van der Waals surface area contributed by atoms with Gasteiger partial charge in [-0.05, 0) is 62.7 Å². The molecule has 2 heteroatoms. The molecule has 1 nitrogen and oxygen atoms in total. The monoisotopic (exact) mass is 232 g/mol. The molecule has 0 aromatic heterocycles. The predicted octanol–water partition coefficient (Wildman–Crippen LogP) is 4.05. The van der Waals surface area contributed by atoms with Gasteiger partial charge in [0.25, 0.3) is 0 Å². The number of fused-ring (bicyclic) bond motifs is 1. The van der Waals surface area contributed by atoms with Crippen LogP contribution in [0.2, 0.25) is 19.6 Å². The van der Waals surface area contributed by atoms with Crippen molar-refractivity contribution in [3.05, 3.63) is 40.5 Å². The third kappa shape index (κ3) is 2.07. The average Bonchev–Trinajstić information content (AvgIpc) is 2.54. The first kappa shape index (κ1) is 11.5. The molecule has 86 valence electrons. The summed E-state index contributed by atoms with van der Waals surface area (Å²) in [6.45, 7) is 11.1. The van der Waals surface area contributed by atoms with E-state index in [1.165, 1.54) is 22.3 Å². The van der Waals surface area contributed by atoms with Gasteiger partial charge in [-0.15, -0.1) is 0 Å². The zero-order valence-electron chi connectivity index (χ0n) is 10.8. The predicted molar refractivity (Wildman–Crippen MR) is 72.0 cm³/mol. The largest absolute Gasteiger partial charge is 0.544 e. The van der Waals surface area contributed by atoms with Gasteiger partial charge in [-0.25, -0.2) is 0 Å². The first-order chi connectivity index (χ1) is 7.38. The summed E-state index contributed by atoms with van der Waals surface area (Å²) >= 11 is 0. The Bertz CT molecular complexity index is 453. The second-order valence-electron chi connectivity index (χ2n) is 5.54. The molecule has 0 aliphatic heterocycles. The highest BCUT2D eigenvalue weighted by molar-refractivity contribution is 6.70. The topological polar surface area (TPSA) is 9.23 Å². The van der Waals surface area contributed by atoms with Crippen LogP contribution in [0.3, 0.4) is 0 Å². The summed E-state index contributed by atoms with van der Waals surface area (Å²) in [5.41, 5.74) is 5.52. The Labute approximate surface area is 99.3 Å². The molecule has 0 N–H and O–H groups in total. The smallest absolute Gasteiger partial charge is 0.242 e. The maximum absolute atomic E-state index is 6.16. The van der Waals surface area contributed by atoms with Crippen LogP contribution in [0.15, 0.2) is 18.2 Å². The van der Waals surface area contributed by atoms with Crippen LogP contribution in [0.5, 0.6) is 0 Å². The van der Waals surface area contributed by atoms with E-state index in [0.29, 0.717) is 0 Å². The second-order valence-corrected chi connectivity index (χ2v) is 9.97. The van der Waals surface area contributed by atoms with Gasteiger partial charge in [0.15, 0.2) is 0 Å². The molecule has 1 aliphatic rings. The Kier molecular flexibility index (Phi) is 2.70. The molecule has 0 heterocycles. The van der Waals surface area contributed by atoms with E-state index < -0.39 is 8.32 Å². The van der Waals surface area contributed by atoms with E-state index in [0.717, 1.165) is 12.2 Å². The number of hydrogen-bond acceptors (Lipinski definition) is 1. The van der Waals surface area contributed by atoms with E-state index in [1.54, 1.807) is 0 Å². The van der Waals surface area contributed by atoms with Crippen LogP contribution in [0.4, 0.5) is 0 Å². The highest BCUT2D eigenvalue weighted by atomic mass is 28.4. The molecule has 0 unspecified atom stereocenters. The molecular weight excluding hydrogens is 212 g/mol. The summed E-state index contributed by atoms with van der Waals surface area (Å²) in [7, 11) is -1.50. The number of hydrogen-bond donors (Lipinski definition) is 0. The quantitative estimate of drug-likeness (QED) is 0.699. The van der Waals surface area contributed by atoms with Crippen LogP contribution in [-0.4, -0.2) is 8.32 Å². The lowest BCUT2D eigenvalue weighted by Crippen LogP contribution is -2.24. The molecule has 0 amide bonds. The third-order valence-electron chi connectivity index (χ3n) is 2.91. The van der Waals surface area contributed by atoms with Gasteiger partial charge in [0.1, 0.15) is 5.76 Å². The maximum Gasteiger partial charge on any atom is 0.242 e. The highest BCUT2D eigenvalue weighted by Crippen LogP contribution is 2.34. The van der Waals surface area contributed by atoms with E-state index in [-0.39, 0.29) is 0 Å². The van der Waals surface area contributed by atoms with Gasteiger partial charge in [0, 0.05) is 5.56 Å². The molecular formula is C14H20OSi. The van der Waals surface area contributed by atoms with Crippen LogP contribution in [0, 0.1) is 13.8 Å². The van der Waals surface area contributed by atoms with E-state index in [9.17, 15) is 0 Å². The van der Waals surface area contributed by atoms with Crippen molar-refractivity contribution in [1.82, 2.24) is 0 Å². The fourth-order valence-corrected chi connectivity index (χ4v) is 3.04. The van der Waals surface area contributed by atoms with Crippen LogP contribution < -0.4 is 0 Å². The third-order valence-corrected chi connectivity index (χ3v) is 3.74. The second kappa shape index (κ2) is 3.77. The lowest BCUT2D eigenvalue weighted by molar-refractivity contribution is 0.515. The number of benzene rings is 1. The molecule has 16 heavy (non-hydrogen) atoms. The zero-order chi connectivity index (χ0) is 11.9. The van der Waals surface area contributed by atoms with Gasteiger partial charge in [0.2, 0.25) is 8.32 Å². The van der Waals surface area contributed by atoms with Crippen LogP contribution in [-0.2, 0) is 10.8 Å². The highest BCUT2D eigenvalue weighted by Gasteiger charge is 2.24. The molecule has 0 spiro atoms. The van der Waals surface area contributed by atoms with Gasteiger partial charge in [-0.1, -0.05) is 12.1 Å². The molecule has 2 rings (SSSR count). The Morgan fingerprint density at radius 3 is 2.31 bits per heavy atom. The molecule has 0 radical (unpaired) electrons. The van der Waals surface area contributed by atoms with Crippen molar-refractivity contribution in [2.24, 2.45) is 0 Å². The minimum Gasteiger partial charge on any atom is -0.544 e. The fourth-order valence-electron chi connectivity index (χ4n) is 2.19. The minimum absolute atomic E-state index is 1.03. The summed E-state index contributed by atoms with van der Waals surface area (Å²) in [6.07, 6.45) is 3.27. The van der Waals surface area contributed by atoms with Crippen molar-refractivity contribution >= 4 is 14.1 Å². The number of allylic oxidation sites excluding steroid dienone is 1. The van der Waals surface area contributed by atoms with Gasteiger partial charge in [0.05, 0.1) is 0 Å². The lowest BCUT2D eigenvalue weighted by atomic mass is 9.99. The van der Waals surface area contributed by atoms with E-state index in [1.807, 2.05) is 0 Å². The summed E-state index contributed by atoms with van der Waals surface area (Å²) < 4.78 is 6.16. The fraction of sp³-hybridized carbons (Fsp3) is 0.429. The van der Waals surface area contributed by atoms with Crippen LogP contribution in [0.25, 0.3) is 5.76 Å². The van der Waals surface area contributed by atoms with Gasteiger partial charge in [-0.2, -0.15) is 0 Å². The summed E-state index contributed by atoms with van der Waals surface area (Å²) in [5, 5.41) is 0. The molecule has 1 aliphatic carbocycles.